The first-order chi connectivity index (χ1) is 20.6. The summed E-state index contributed by atoms with van der Waals surface area (Å²) >= 11 is 0. The number of amides is 2. The summed E-state index contributed by atoms with van der Waals surface area (Å²) in [4.78, 5) is 29.3. The number of methoxy groups -OCH3 is 1. The Morgan fingerprint density at radius 1 is 0.814 bits per heavy atom. The van der Waals surface area contributed by atoms with Crippen molar-refractivity contribution in [2.45, 2.75) is 37.8 Å². The van der Waals surface area contributed by atoms with Gasteiger partial charge in [0.15, 0.2) is 0 Å². The molecule has 0 heterocycles. The van der Waals surface area contributed by atoms with Crippen molar-refractivity contribution in [2.24, 2.45) is 0 Å². The first-order valence-corrected chi connectivity index (χ1v) is 15.4. The molecule has 9 heteroatoms. The van der Waals surface area contributed by atoms with Gasteiger partial charge in [0.05, 0.1) is 17.7 Å². The van der Waals surface area contributed by atoms with Gasteiger partial charge < -0.3 is 15.0 Å². The van der Waals surface area contributed by atoms with Crippen molar-refractivity contribution in [2.75, 3.05) is 25.0 Å². The Labute approximate surface area is 254 Å². The Kier molecular flexibility index (Phi) is 10.2. The molecule has 1 atom stereocenters. The lowest BCUT2D eigenvalue weighted by atomic mass is 10.0. The minimum atomic E-state index is -4.22. The largest absolute Gasteiger partial charge is 0.495 e. The number of ether oxygens (including phenoxy) is 1. The van der Waals surface area contributed by atoms with Crippen molar-refractivity contribution in [3.8, 4) is 5.75 Å². The molecular formula is C34H37N3O5S. The summed E-state index contributed by atoms with van der Waals surface area (Å²) < 4.78 is 34.9. The molecule has 4 aromatic rings. The van der Waals surface area contributed by atoms with Crippen LogP contribution in [0.15, 0.2) is 108 Å². The number of rotatable bonds is 12. The van der Waals surface area contributed by atoms with Crippen LogP contribution in [0.5, 0.6) is 5.75 Å². The van der Waals surface area contributed by atoms with E-state index >= 15 is 0 Å². The van der Waals surface area contributed by atoms with Crippen molar-refractivity contribution >= 4 is 27.5 Å². The van der Waals surface area contributed by atoms with E-state index in [9.17, 15) is 18.0 Å². The van der Waals surface area contributed by atoms with E-state index in [1.807, 2.05) is 74.5 Å². The highest BCUT2D eigenvalue weighted by Crippen LogP contribution is 2.34. The Hall–Kier alpha value is -4.63. The molecule has 0 radical (unpaired) electrons. The molecule has 0 fully saturated rings. The lowest BCUT2D eigenvalue weighted by molar-refractivity contribution is -0.139. The molecule has 0 aliphatic carbocycles. The van der Waals surface area contributed by atoms with E-state index in [-0.39, 0.29) is 29.5 Å². The SMILES string of the molecule is CNC(=O)[C@H](Cc1ccccc1)N(Cc1cccc(C)c1)C(=O)CN(c1cc(C)ccc1OC)S(=O)(=O)c1ccccc1. The van der Waals surface area contributed by atoms with Crippen LogP contribution in [0.4, 0.5) is 5.69 Å². The monoisotopic (exact) mass is 599 g/mol. The number of anilines is 1. The molecule has 0 aliphatic rings. The van der Waals surface area contributed by atoms with Gasteiger partial charge in [-0.1, -0.05) is 84.4 Å². The maximum absolute atomic E-state index is 14.4. The van der Waals surface area contributed by atoms with Gasteiger partial charge in [-0.2, -0.15) is 0 Å². The summed E-state index contributed by atoms with van der Waals surface area (Å²) in [6, 6.07) is 29.3. The fourth-order valence-corrected chi connectivity index (χ4v) is 6.39. The first kappa shape index (κ1) is 31.3. The van der Waals surface area contributed by atoms with Crippen LogP contribution in [0.1, 0.15) is 22.3 Å². The van der Waals surface area contributed by atoms with Crippen LogP contribution >= 0.6 is 0 Å². The van der Waals surface area contributed by atoms with Gasteiger partial charge in [0.2, 0.25) is 11.8 Å². The molecule has 4 aromatic carbocycles. The van der Waals surface area contributed by atoms with E-state index < -0.39 is 28.5 Å². The maximum Gasteiger partial charge on any atom is 0.264 e. The average Bonchev–Trinajstić information content (AvgIpc) is 3.02. The number of aryl methyl sites for hydroxylation is 2. The summed E-state index contributed by atoms with van der Waals surface area (Å²) in [5.74, 6) is -0.583. The number of carbonyl (C=O) groups excluding carboxylic acids is 2. The predicted octanol–water partition coefficient (Wildman–Crippen LogP) is 4.89. The van der Waals surface area contributed by atoms with Gasteiger partial charge in [-0.05, 0) is 54.8 Å². The number of benzene rings is 4. The highest BCUT2D eigenvalue weighted by molar-refractivity contribution is 7.92. The molecule has 8 nitrogen and oxygen atoms in total. The Morgan fingerprint density at radius 2 is 1.44 bits per heavy atom. The van der Waals surface area contributed by atoms with Gasteiger partial charge in [-0.15, -0.1) is 0 Å². The van der Waals surface area contributed by atoms with Gasteiger partial charge in [-0.25, -0.2) is 8.42 Å². The zero-order valence-electron chi connectivity index (χ0n) is 24.9. The zero-order valence-corrected chi connectivity index (χ0v) is 25.7. The van der Waals surface area contributed by atoms with Crippen molar-refractivity contribution in [1.29, 1.82) is 0 Å². The molecule has 4 rings (SSSR count). The standard InChI is InChI=1S/C34H37N3O5S/c1-25-12-11-15-28(20-25)23-36(31(34(39)35-3)22-27-13-7-5-8-14-27)33(38)24-37(30-21-26(2)18-19-32(30)42-4)43(40,41)29-16-9-6-10-17-29/h5-21,31H,22-24H2,1-4H3,(H,35,39)/t31-/m0/s1. The third kappa shape index (κ3) is 7.61. The second-order valence-corrected chi connectivity index (χ2v) is 12.2. The highest BCUT2D eigenvalue weighted by Gasteiger charge is 2.35. The van der Waals surface area contributed by atoms with Gasteiger partial charge in [0.1, 0.15) is 18.3 Å². The van der Waals surface area contributed by atoms with Gasteiger partial charge in [0, 0.05) is 20.0 Å². The van der Waals surface area contributed by atoms with E-state index in [4.69, 9.17) is 4.74 Å². The van der Waals surface area contributed by atoms with E-state index in [2.05, 4.69) is 5.32 Å². The number of nitrogens with one attached hydrogen (secondary N) is 1. The molecule has 0 bridgehead atoms. The summed E-state index contributed by atoms with van der Waals surface area (Å²) in [6.07, 6.45) is 0.247. The molecule has 43 heavy (non-hydrogen) atoms. The van der Waals surface area contributed by atoms with Gasteiger partial charge in [0.25, 0.3) is 10.0 Å². The van der Waals surface area contributed by atoms with Crippen LogP contribution in [0.2, 0.25) is 0 Å². The predicted molar refractivity (Wildman–Crippen MR) is 168 cm³/mol. The average molecular weight is 600 g/mol. The lowest BCUT2D eigenvalue weighted by Crippen LogP contribution is -2.53. The molecule has 0 aromatic heterocycles. The van der Waals surface area contributed by atoms with Crippen molar-refractivity contribution in [3.63, 3.8) is 0 Å². The first-order valence-electron chi connectivity index (χ1n) is 14.0. The van der Waals surface area contributed by atoms with Crippen LogP contribution in [0.25, 0.3) is 0 Å². The van der Waals surface area contributed by atoms with E-state index in [0.29, 0.717) is 5.75 Å². The Morgan fingerprint density at radius 3 is 2.07 bits per heavy atom. The van der Waals surface area contributed by atoms with Crippen molar-refractivity contribution in [3.05, 3.63) is 125 Å². The van der Waals surface area contributed by atoms with E-state index in [1.54, 1.807) is 30.3 Å². The molecule has 0 spiro atoms. The van der Waals surface area contributed by atoms with Crippen LogP contribution in [-0.4, -0.2) is 51.9 Å². The lowest BCUT2D eigenvalue weighted by Gasteiger charge is -2.34. The number of hydrogen-bond acceptors (Lipinski definition) is 5. The summed E-state index contributed by atoms with van der Waals surface area (Å²) in [6.45, 7) is 3.35. The van der Waals surface area contributed by atoms with E-state index in [1.165, 1.54) is 31.2 Å². The smallest absolute Gasteiger partial charge is 0.264 e. The topological polar surface area (TPSA) is 96.0 Å². The quantitative estimate of drug-likeness (QED) is 0.250. The number of hydrogen-bond donors (Lipinski definition) is 1. The Balaban J connectivity index is 1.83. The van der Waals surface area contributed by atoms with Crippen LogP contribution in [-0.2, 0) is 32.6 Å². The summed E-state index contributed by atoms with van der Waals surface area (Å²) in [7, 11) is -1.24. The number of sulfonamides is 1. The molecule has 224 valence electrons. The van der Waals surface area contributed by atoms with E-state index in [0.717, 1.165) is 26.6 Å². The molecule has 0 aliphatic heterocycles. The Bertz CT molecular complexity index is 1660. The minimum absolute atomic E-state index is 0.0312. The minimum Gasteiger partial charge on any atom is -0.495 e. The highest BCUT2D eigenvalue weighted by atomic mass is 32.2. The van der Waals surface area contributed by atoms with Crippen LogP contribution < -0.4 is 14.4 Å². The molecular weight excluding hydrogens is 562 g/mol. The van der Waals surface area contributed by atoms with Crippen molar-refractivity contribution < 1.29 is 22.7 Å². The number of carbonyl (C=O) groups is 2. The zero-order chi connectivity index (χ0) is 31.0. The normalized spacial score (nSPS) is 11.8. The second-order valence-electron chi connectivity index (χ2n) is 10.3. The van der Waals surface area contributed by atoms with Gasteiger partial charge >= 0.3 is 0 Å². The molecule has 0 unspecified atom stereocenters. The van der Waals surface area contributed by atoms with Crippen LogP contribution in [0, 0.1) is 13.8 Å². The maximum atomic E-state index is 14.4. The summed E-state index contributed by atoms with van der Waals surface area (Å²) in [5, 5.41) is 2.70. The number of likely N-dealkylation sites (N-methyl/N-ethyl adjacent to an activating group) is 1. The molecule has 0 saturated carbocycles. The molecule has 2 amide bonds. The molecule has 1 N–H and O–H groups in total. The molecule has 0 saturated heterocycles. The second kappa shape index (κ2) is 14.0. The third-order valence-corrected chi connectivity index (χ3v) is 8.94. The third-order valence-electron chi connectivity index (χ3n) is 7.17. The van der Waals surface area contributed by atoms with Crippen LogP contribution in [0.3, 0.4) is 0 Å². The van der Waals surface area contributed by atoms with Crippen molar-refractivity contribution in [1.82, 2.24) is 10.2 Å². The number of nitrogens with zero attached hydrogens (tertiary/aromatic N) is 2. The fourth-order valence-electron chi connectivity index (χ4n) is 4.96. The summed E-state index contributed by atoms with van der Waals surface area (Å²) in [5.41, 5.74) is 3.71. The van der Waals surface area contributed by atoms with Gasteiger partial charge in [-0.3, -0.25) is 13.9 Å². The fraction of sp³-hybridized carbons (Fsp3) is 0.235.